The van der Waals surface area contributed by atoms with Crippen LogP contribution in [0, 0.1) is 0 Å². The first kappa shape index (κ1) is 18.4. The number of rotatable bonds is 1. The standard InChI is InChI=1S/C7H12F3NO2.HO3P/c1-6(2,7(8,9)10)13-5(12)11(3)4;1-4(2)3/h1-4H3;(H-,1,2,3)/p+1. The van der Waals surface area contributed by atoms with E-state index in [-0.39, 0.29) is 0 Å². The van der Waals surface area contributed by atoms with Crippen LogP contribution in [-0.2, 0) is 9.30 Å². The topological polar surface area (TPSA) is 87.1 Å². The minimum absolute atomic E-state index is 0.800. The Hall–Kier alpha value is -0.920. The van der Waals surface area contributed by atoms with Gasteiger partial charge in [0.1, 0.15) is 0 Å². The summed E-state index contributed by atoms with van der Waals surface area (Å²) in [5, 5.41) is 0. The van der Waals surface area contributed by atoms with Crippen LogP contribution in [0.2, 0.25) is 0 Å². The van der Waals surface area contributed by atoms with Crippen molar-refractivity contribution in [1.29, 1.82) is 0 Å². The summed E-state index contributed by atoms with van der Waals surface area (Å²) in [5.74, 6) is 0. The molecule has 1 amide bonds. The predicted molar refractivity (Wildman–Crippen MR) is 52.3 cm³/mol. The maximum absolute atomic E-state index is 12.2. The molecule has 0 heterocycles. The fraction of sp³-hybridized carbons (Fsp3) is 0.857. The van der Waals surface area contributed by atoms with E-state index in [4.69, 9.17) is 14.4 Å². The molecule has 0 spiro atoms. The molecule has 102 valence electrons. The van der Waals surface area contributed by atoms with Crippen LogP contribution in [0.4, 0.5) is 18.0 Å². The van der Waals surface area contributed by atoms with Gasteiger partial charge in [-0.15, -0.1) is 9.79 Å². The molecular weight excluding hydrogens is 266 g/mol. The number of ether oxygens (including phenoxy) is 1. The zero-order valence-electron chi connectivity index (χ0n) is 9.65. The minimum Gasteiger partial charge on any atom is -0.434 e. The van der Waals surface area contributed by atoms with Crippen molar-refractivity contribution in [3.8, 4) is 0 Å². The second-order valence-corrected chi connectivity index (χ2v) is 4.03. The van der Waals surface area contributed by atoms with Gasteiger partial charge in [-0.25, -0.2) is 4.79 Å². The average molecular weight is 280 g/mol. The third kappa shape index (κ3) is 8.84. The van der Waals surface area contributed by atoms with E-state index in [1.807, 2.05) is 0 Å². The Morgan fingerprint density at radius 2 is 1.53 bits per heavy atom. The zero-order chi connectivity index (χ0) is 14.4. The smallest absolute Gasteiger partial charge is 0.434 e. The molecule has 0 atom stereocenters. The van der Waals surface area contributed by atoms with Gasteiger partial charge in [-0.2, -0.15) is 13.2 Å². The number of alkyl halides is 3. The average Bonchev–Trinajstić information content (AvgIpc) is 1.99. The summed E-state index contributed by atoms with van der Waals surface area (Å²) in [4.78, 5) is 26.0. The van der Waals surface area contributed by atoms with Crippen molar-refractivity contribution in [2.24, 2.45) is 0 Å². The normalized spacial score (nSPS) is 11.1. The summed E-state index contributed by atoms with van der Waals surface area (Å²) in [6.07, 6.45) is -5.57. The Bertz CT molecular complexity index is 275. The van der Waals surface area contributed by atoms with Crippen molar-refractivity contribution >= 4 is 14.3 Å². The van der Waals surface area contributed by atoms with Gasteiger partial charge >= 0.3 is 20.5 Å². The van der Waals surface area contributed by atoms with E-state index in [1.165, 1.54) is 14.1 Å². The van der Waals surface area contributed by atoms with Gasteiger partial charge in [0, 0.05) is 18.7 Å². The lowest BCUT2D eigenvalue weighted by molar-refractivity contribution is -0.245. The summed E-state index contributed by atoms with van der Waals surface area (Å²) >= 11 is 0. The molecule has 0 aromatic heterocycles. The van der Waals surface area contributed by atoms with Crippen molar-refractivity contribution in [3.05, 3.63) is 0 Å². The molecule has 10 heteroatoms. The van der Waals surface area contributed by atoms with Crippen LogP contribution in [0.3, 0.4) is 0 Å². The number of halogens is 3. The summed E-state index contributed by atoms with van der Waals surface area (Å²) in [5.41, 5.74) is -2.45. The maximum Gasteiger partial charge on any atom is 0.692 e. The first-order valence-corrected chi connectivity index (χ1v) is 5.30. The van der Waals surface area contributed by atoms with Gasteiger partial charge in [0.05, 0.1) is 0 Å². The summed E-state index contributed by atoms with van der Waals surface area (Å²) in [6, 6.07) is 0. The van der Waals surface area contributed by atoms with Crippen LogP contribution < -0.4 is 0 Å². The van der Waals surface area contributed by atoms with Crippen molar-refractivity contribution in [2.45, 2.75) is 25.6 Å². The van der Waals surface area contributed by atoms with E-state index in [0.29, 0.717) is 0 Å². The number of amides is 1. The first-order chi connectivity index (χ1) is 7.31. The third-order valence-electron chi connectivity index (χ3n) is 1.39. The highest BCUT2D eigenvalue weighted by molar-refractivity contribution is 7.30. The molecule has 0 bridgehead atoms. The Balaban J connectivity index is 0. The van der Waals surface area contributed by atoms with Gasteiger partial charge in [0.25, 0.3) is 0 Å². The fourth-order valence-electron chi connectivity index (χ4n) is 0.367. The van der Waals surface area contributed by atoms with E-state index in [0.717, 1.165) is 18.7 Å². The summed E-state index contributed by atoms with van der Waals surface area (Å²) < 4.78 is 49.4. The Morgan fingerprint density at radius 1 is 1.24 bits per heavy atom. The van der Waals surface area contributed by atoms with Crippen LogP contribution >= 0.6 is 8.25 Å². The lowest BCUT2D eigenvalue weighted by atomic mass is 10.1. The van der Waals surface area contributed by atoms with Gasteiger partial charge in [0.2, 0.25) is 5.60 Å². The van der Waals surface area contributed by atoms with Crippen molar-refractivity contribution in [1.82, 2.24) is 4.90 Å². The number of carbonyl (C=O) groups excluding carboxylic acids is 1. The summed E-state index contributed by atoms with van der Waals surface area (Å²) in [7, 11) is -0.242. The Morgan fingerprint density at radius 3 is 1.71 bits per heavy atom. The molecule has 0 fully saturated rings. The minimum atomic E-state index is -4.56. The molecule has 0 aromatic carbocycles. The molecule has 0 saturated carbocycles. The van der Waals surface area contributed by atoms with E-state index < -0.39 is 26.1 Å². The molecule has 0 aromatic rings. The highest BCUT2D eigenvalue weighted by atomic mass is 31.1. The Labute approximate surface area is 96.9 Å². The molecule has 0 saturated heterocycles. The van der Waals surface area contributed by atoms with Crippen LogP contribution in [0.1, 0.15) is 13.8 Å². The molecule has 0 unspecified atom stereocenters. The molecule has 0 aliphatic rings. The van der Waals surface area contributed by atoms with Gasteiger partial charge in [-0.05, 0) is 13.8 Å². The van der Waals surface area contributed by atoms with Crippen molar-refractivity contribution < 1.29 is 37.1 Å². The first-order valence-electron chi connectivity index (χ1n) is 4.13. The molecule has 0 aliphatic carbocycles. The number of hydrogen-bond donors (Lipinski definition) is 2. The highest BCUT2D eigenvalue weighted by Crippen LogP contribution is 2.33. The van der Waals surface area contributed by atoms with E-state index >= 15 is 0 Å². The SMILES string of the molecule is CN(C)C(=O)OC(C)(C)C(F)(F)F.O=[P+](O)O. The molecule has 6 nitrogen and oxygen atoms in total. The molecule has 17 heavy (non-hydrogen) atoms. The van der Waals surface area contributed by atoms with E-state index in [1.54, 1.807) is 0 Å². The number of hydrogen-bond acceptors (Lipinski definition) is 3. The quantitative estimate of drug-likeness (QED) is 0.713. The fourth-order valence-corrected chi connectivity index (χ4v) is 0.367. The Kier molecular flexibility index (Phi) is 7.30. The van der Waals surface area contributed by atoms with Gasteiger partial charge in [0.15, 0.2) is 0 Å². The number of nitrogens with zero attached hydrogens (tertiary/aromatic N) is 1. The monoisotopic (exact) mass is 280 g/mol. The lowest BCUT2D eigenvalue weighted by Gasteiger charge is -2.28. The van der Waals surface area contributed by atoms with Crippen LogP contribution in [-0.4, -0.2) is 46.7 Å². The van der Waals surface area contributed by atoms with Gasteiger partial charge in [-0.3, -0.25) is 0 Å². The van der Waals surface area contributed by atoms with Gasteiger partial charge < -0.3 is 9.64 Å². The van der Waals surface area contributed by atoms with Crippen molar-refractivity contribution in [3.63, 3.8) is 0 Å². The second kappa shape index (κ2) is 6.73. The van der Waals surface area contributed by atoms with Crippen LogP contribution in [0.5, 0.6) is 0 Å². The van der Waals surface area contributed by atoms with E-state index in [2.05, 4.69) is 4.74 Å². The molecular formula is C7H14F3NO5P+. The predicted octanol–water partition coefficient (Wildman–Crippen LogP) is 1.65. The number of carbonyl (C=O) groups is 1. The van der Waals surface area contributed by atoms with Crippen LogP contribution in [0.15, 0.2) is 0 Å². The largest absolute Gasteiger partial charge is 0.692 e. The van der Waals surface area contributed by atoms with E-state index in [9.17, 15) is 18.0 Å². The van der Waals surface area contributed by atoms with Crippen molar-refractivity contribution in [2.75, 3.05) is 14.1 Å². The van der Waals surface area contributed by atoms with Gasteiger partial charge in [-0.1, -0.05) is 0 Å². The third-order valence-corrected chi connectivity index (χ3v) is 1.39. The molecule has 0 rings (SSSR count). The molecule has 2 N–H and O–H groups in total. The zero-order valence-corrected chi connectivity index (χ0v) is 10.5. The lowest BCUT2D eigenvalue weighted by Crippen LogP contribution is -2.45. The van der Waals surface area contributed by atoms with Crippen LogP contribution in [0.25, 0.3) is 0 Å². The highest BCUT2D eigenvalue weighted by Gasteiger charge is 2.51. The second-order valence-electron chi connectivity index (χ2n) is 3.52. The molecule has 0 radical (unpaired) electrons. The summed E-state index contributed by atoms with van der Waals surface area (Å²) in [6.45, 7) is 1.60. The maximum atomic E-state index is 12.2. The molecule has 0 aliphatic heterocycles.